The highest BCUT2D eigenvalue weighted by Crippen LogP contribution is 2.19. The molecule has 0 saturated carbocycles. The molecular weight excluding hydrogens is 298 g/mol. The number of amides is 1. The minimum atomic E-state index is -0.199. The van der Waals surface area contributed by atoms with Crippen LogP contribution < -0.4 is 5.32 Å². The second kappa shape index (κ2) is 8.33. The van der Waals surface area contributed by atoms with Crippen LogP contribution in [0.15, 0.2) is 12.4 Å². The normalized spacial score (nSPS) is 24.7. The van der Waals surface area contributed by atoms with Crippen LogP contribution in [0, 0.1) is 5.92 Å². The van der Waals surface area contributed by atoms with E-state index in [1.807, 2.05) is 13.8 Å². The monoisotopic (exact) mass is 323 g/mol. The summed E-state index contributed by atoms with van der Waals surface area (Å²) >= 11 is 0. The standard InChI is InChI=1S/C16H25N3O4/c1-10(2)15-17-5-11(6-18-15)16(20)19-7-12-8-23-9-13(21-3)14(12)22-4/h5-6,10,12-14H,7-9H2,1-4H3,(H,19,20)/t12-,13-,14+/m1/s1. The maximum absolute atomic E-state index is 12.2. The van der Waals surface area contributed by atoms with Gasteiger partial charge in [-0.25, -0.2) is 9.97 Å². The van der Waals surface area contributed by atoms with Crippen molar-refractivity contribution in [1.29, 1.82) is 0 Å². The van der Waals surface area contributed by atoms with Crippen molar-refractivity contribution in [1.82, 2.24) is 15.3 Å². The Balaban J connectivity index is 1.92. The van der Waals surface area contributed by atoms with Crippen molar-refractivity contribution in [2.75, 3.05) is 34.0 Å². The molecule has 2 rings (SSSR count). The fourth-order valence-electron chi connectivity index (χ4n) is 2.63. The molecule has 7 nitrogen and oxygen atoms in total. The molecule has 7 heteroatoms. The van der Waals surface area contributed by atoms with Gasteiger partial charge < -0.3 is 19.5 Å². The molecule has 23 heavy (non-hydrogen) atoms. The van der Waals surface area contributed by atoms with Gasteiger partial charge in [0.05, 0.1) is 24.9 Å². The Bertz CT molecular complexity index is 507. The lowest BCUT2D eigenvalue weighted by atomic mass is 9.96. The zero-order valence-corrected chi connectivity index (χ0v) is 14.1. The van der Waals surface area contributed by atoms with E-state index in [0.29, 0.717) is 25.3 Å². The van der Waals surface area contributed by atoms with Gasteiger partial charge in [0, 0.05) is 45.0 Å². The zero-order valence-electron chi connectivity index (χ0n) is 14.1. The molecule has 0 spiro atoms. The Morgan fingerprint density at radius 1 is 1.30 bits per heavy atom. The number of hydrogen-bond acceptors (Lipinski definition) is 6. The van der Waals surface area contributed by atoms with E-state index in [-0.39, 0.29) is 30.0 Å². The number of methoxy groups -OCH3 is 2. The fraction of sp³-hybridized carbons (Fsp3) is 0.688. The molecule has 0 aromatic carbocycles. The molecule has 1 amide bonds. The number of carbonyl (C=O) groups excluding carboxylic acids is 1. The Hall–Kier alpha value is -1.57. The van der Waals surface area contributed by atoms with E-state index in [9.17, 15) is 4.79 Å². The van der Waals surface area contributed by atoms with Crippen molar-refractivity contribution in [2.45, 2.75) is 32.0 Å². The van der Waals surface area contributed by atoms with E-state index >= 15 is 0 Å². The van der Waals surface area contributed by atoms with E-state index in [1.54, 1.807) is 26.6 Å². The minimum absolute atomic E-state index is 0.0403. The van der Waals surface area contributed by atoms with Crippen LogP contribution in [0.5, 0.6) is 0 Å². The molecule has 3 atom stereocenters. The third-order valence-corrected chi connectivity index (χ3v) is 4.00. The van der Waals surface area contributed by atoms with Crippen LogP contribution in [-0.4, -0.2) is 62.1 Å². The summed E-state index contributed by atoms with van der Waals surface area (Å²) < 4.78 is 16.4. The number of nitrogens with zero attached hydrogens (tertiary/aromatic N) is 2. The summed E-state index contributed by atoms with van der Waals surface area (Å²) in [6, 6.07) is 0. The molecule has 2 heterocycles. The van der Waals surface area contributed by atoms with Gasteiger partial charge >= 0.3 is 0 Å². The van der Waals surface area contributed by atoms with Crippen molar-refractivity contribution in [2.24, 2.45) is 5.92 Å². The van der Waals surface area contributed by atoms with Crippen LogP contribution in [0.25, 0.3) is 0 Å². The van der Waals surface area contributed by atoms with Gasteiger partial charge in [-0.1, -0.05) is 13.8 Å². The topological polar surface area (TPSA) is 82.6 Å². The first kappa shape index (κ1) is 17.8. The Morgan fingerprint density at radius 2 is 2.00 bits per heavy atom. The van der Waals surface area contributed by atoms with Crippen molar-refractivity contribution in [3.05, 3.63) is 23.8 Å². The molecule has 1 N–H and O–H groups in total. The SMILES string of the molecule is CO[C@H]1[C@H](CNC(=O)c2cnc(C(C)C)nc2)COC[C@H]1OC. The van der Waals surface area contributed by atoms with Gasteiger partial charge in [0.15, 0.2) is 0 Å². The molecule has 1 aromatic heterocycles. The fourth-order valence-corrected chi connectivity index (χ4v) is 2.63. The number of aromatic nitrogens is 2. The molecule has 0 radical (unpaired) electrons. The summed E-state index contributed by atoms with van der Waals surface area (Å²) in [5, 5.41) is 2.89. The molecule has 128 valence electrons. The average Bonchev–Trinajstić information content (AvgIpc) is 2.59. The van der Waals surface area contributed by atoms with E-state index in [1.165, 1.54) is 0 Å². The van der Waals surface area contributed by atoms with Gasteiger partial charge in [-0.3, -0.25) is 4.79 Å². The molecule has 1 aromatic rings. The summed E-state index contributed by atoms with van der Waals surface area (Å²) in [6.45, 7) is 5.50. The van der Waals surface area contributed by atoms with E-state index in [2.05, 4.69) is 15.3 Å². The van der Waals surface area contributed by atoms with E-state index in [4.69, 9.17) is 14.2 Å². The summed E-state index contributed by atoms with van der Waals surface area (Å²) in [5.74, 6) is 0.803. The second-order valence-corrected chi connectivity index (χ2v) is 5.97. The first-order chi connectivity index (χ1) is 11.1. The number of carbonyl (C=O) groups is 1. The summed E-state index contributed by atoms with van der Waals surface area (Å²) in [7, 11) is 3.28. The molecule has 1 aliphatic heterocycles. The van der Waals surface area contributed by atoms with Crippen LogP contribution in [0.3, 0.4) is 0 Å². The molecule has 0 aliphatic carbocycles. The Morgan fingerprint density at radius 3 is 2.57 bits per heavy atom. The smallest absolute Gasteiger partial charge is 0.254 e. The third-order valence-electron chi connectivity index (χ3n) is 4.00. The van der Waals surface area contributed by atoms with Crippen LogP contribution in [0.2, 0.25) is 0 Å². The minimum Gasteiger partial charge on any atom is -0.378 e. The van der Waals surface area contributed by atoms with Crippen molar-refractivity contribution < 1.29 is 19.0 Å². The summed E-state index contributed by atoms with van der Waals surface area (Å²) in [4.78, 5) is 20.6. The molecule has 0 unspecified atom stereocenters. The largest absolute Gasteiger partial charge is 0.378 e. The van der Waals surface area contributed by atoms with Crippen LogP contribution >= 0.6 is 0 Å². The van der Waals surface area contributed by atoms with Gasteiger partial charge in [-0.05, 0) is 0 Å². The Labute approximate surface area is 136 Å². The maximum atomic E-state index is 12.2. The van der Waals surface area contributed by atoms with Crippen LogP contribution in [-0.2, 0) is 14.2 Å². The molecule has 1 fully saturated rings. The number of ether oxygens (including phenoxy) is 3. The molecule has 0 bridgehead atoms. The molecular formula is C16H25N3O4. The predicted octanol–water partition coefficient (Wildman–Crippen LogP) is 1.01. The van der Waals surface area contributed by atoms with Crippen LogP contribution in [0.4, 0.5) is 0 Å². The van der Waals surface area contributed by atoms with E-state index < -0.39 is 0 Å². The highest BCUT2D eigenvalue weighted by molar-refractivity contribution is 5.93. The second-order valence-electron chi connectivity index (χ2n) is 5.97. The van der Waals surface area contributed by atoms with E-state index in [0.717, 1.165) is 5.82 Å². The first-order valence-corrected chi connectivity index (χ1v) is 7.80. The van der Waals surface area contributed by atoms with Gasteiger partial charge in [0.1, 0.15) is 11.9 Å². The highest BCUT2D eigenvalue weighted by atomic mass is 16.6. The first-order valence-electron chi connectivity index (χ1n) is 7.80. The van der Waals surface area contributed by atoms with Crippen molar-refractivity contribution in [3.63, 3.8) is 0 Å². The van der Waals surface area contributed by atoms with Crippen LogP contribution in [0.1, 0.15) is 35.9 Å². The lowest BCUT2D eigenvalue weighted by molar-refractivity contribution is -0.145. The van der Waals surface area contributed by atoms with Gasteiger partial charge in [-0.15, -0.1) is 0 Å². The lowest BCUT2D eigenvalue weighted by Gasteiger charge is -2.36. The summed E-state index contributed by atoms with van der Waals surface area (Å²) in [6.07, 6.45) is 2.89. The third kappa shape index (κ3) is 4.46. The van der Waals surface area contributed by atoms with Crippen molar-refractivity contribution >= 4 is 5.91 Å². The Kier molecular flexibility index (Phi) is 6.44. The maximum Gasteiger partial charge on any atom is 0.254 e. The van der Waals surface area contributed by atoms with Crippen molar-refractivity contribution in [3.8, 4) is 0 Å². The molecule has 1 aliphatic rings. The lowest BCUT2D eigenvalue weighted by Crippen LogP contribution is -2.50. The average molecular weight is 323 g/mol. The number of nitrogens with one attached hydrogen (secondary N) is 1. The highest BCUT2D eigenvalue weighted by Gasteiger charge is 2.34. The van der Waals surface area contributed by atoms with Gasteiger partial charge in [0.25, 0.3) is 5.91 Å². The molecule has 1 saturated heterocycles. The quantitative estimate of drug-likeness (QED) is 0.841. The van der Waals surface area contributed by atoms with Gasteiger partial charge in [-0.2, -0.15) is 0 Å². The predicted molar refractivity (Wildman–Crippen MR) is 84.4 cm³/mol. The number of hydrogen-bond donors (Lipinski definition) is 1. The zero-order chi connectivity index (χ0) is 16.8. The van der Waals surface area contributed by atoms with Gasteiger partial charge in [0.2, 0.25) is 0 Å². The number of rotatable bonds is 6. The summed E-state index contributed by atoms with van der Waals surface area (Å²) in [5.41, 5.74) is 0.448.